The molecule has 0 spiro atoms. The Kier molecular flexibility index (Phi) is 4.49. The molecule has 0 aliphatic carbocycles. The molecule has 0 saturated carbocycles. The van der Waals surface area contributed by atoms with E-state index in [4.69, 9.17) is 4.43 Å². The molecule has 1 saturated heterocycles. The molecular formula is C10H22O2SSi. The van der Waals surface area contributed by atoms with Gasteiger partial charge in [0.05, 0.1) is 0 Å². The van der Waals surface area contributed by atoms with Gasteiger partial charge >= 0.3 is 9.28 Å². The Bertz CT molecular complexity index is 181. The second kappa shape index (κ2) is 5.01. The summed E-state index contributed by atoms with van der Waals surface area (Å²) in [5, 5.41) is 1.36. The van der Waals surface area contributed by atoms with Gasteiger partial charge < -0.3 is 9.22 Å². The van der Waals surface area contributed by atoms with Gasteiger partial charge in [0.1, 0.15) is 0 Å². The lowest BCUT2D eigenvalue weighted by molar-refractivity contribution is 0.236. The van der Waals surface area contributed by atoms with Crippen LogP contribution >= 0.6 is 11.8 Å². The van der Waals surface area contributed by atoms with Gasteiger partial charge in [-0.15, -0.1) is 0 Å². The summed E-state index contributed by atoms with van der Waals surface area (Å²) in [5.41, 5.74) is 0. The summed E-state index contributed by atoms with van der Waals surface area (Å²) in [7, 11) is -1.98. The Morgan fingerprint density at radius 3 is 2.50 bits per heavy atom. The number of thioether (sulfide) groups is 1. The Labute approximate surface area is 93.3 Å². The molecule has 0 bridgehead atoms. The van der Waals surface area contributed by atoms with Gasteiger partial charge in [0, 0.05) is 22.1 Å². The van der Waals surface area contributed by atoms with E-state index in [0.29, 0.717) is 5.25 Å². The Morgan fingerprint density at radius 1 is 1.43 bits per heavy atom. The molecule has 1 aliphatic heterocycles. The maximum absolute atomic E-state index is 9.82. The molecule has 84 valence electrons. The van der Waals surface area contributed by atoms with Crippen molar-refractivity contribution in [2.75, 3.05) is 6.61 Å². The van der Waals surface area contributed by atoms with Crippen LogP contribution in [0.3, 0.4) is 0 Å². The van der Waals surface area contributed by atoms with E-state index in [1.807, 2.05) is 32.5 Å². The molecule has 2 nitrogen and oxygen atoms in total. The van der Waals surface area contributed by atoms with Gasteiger partial charge in [0.15, 0.2) is 0 Å². The van der Waals surface area contributed by atoms with Crippen LogP contribution in [0.2, 0.25) is 5.04 Å². The summed E-state index contributed by atoms with van der Waals surface area (Å²) in [5.74, 6) is 0. The zero-order chi connectivity index (χ0) is 10.8. The van der Waals surface area contributed by atoms with Crippen LogP contribution in [0.1, 0.15) is 40.5 Å². The lowest BCUT2D eigenvalue weighted by Gasteiger charge is -2.24. The quantitative estimate of drug-likeness (QED) is 0.760. The molecule has 1 rings (SSSR count). The topological polar surface area (TPSA) is 29.5 Å². The van der Waals surface area contributed by atoms with Crippen molar-refractivity contribution in [3.63, 3.8) is 0 Å². The molecule has 1 heterocycles. The standard InChI is InChI=1S/C10H22O2SSi/c1-8-5-6-9(13-8)7-12-14(11)10(2,3)4/h8-9,11,14H,5-7H2,1-4H3/t8-,9-,14?/m0/s1. The smallest absolute Gasteiger partial charge is 0.324 e. The van der Waals surface area contributed by atoms with Crippen LogP contribution in [0.4, 0.5) is 0 Å². The first kappa shape index (κ1) is 12.6. The van der Waals surface area contributed by atoms with Crippen molar-refractivity contribution in [2.45, 2.75) is 56.1 Å². The Hall–Kier alpha value is 0.487. The van der Waals surface area contributed by atoms with Gasteiger partial charge in [-0.05, 0) is 12.8 Å². The first-order valence-electron chi connectivity index (χ1n) is 5.34. The second-order valence-corrected chi connectivity index (χ2v) is 9.71. The van der Waals surface area contributed by atoms with Gasteiger partial charge in [0.2, 0.25) is 0 Å². The highest BCUT2D eigenvalue weighted by molar-refractivity contribution is 8.00. The summed E-state index contributed by atoms with van der Waals surface area (Å²) in [6, 6.07) is 0. The van der Waals surface area contributed by atoms with E-state index in [0.717, 1.165) is 11.9 Å². The molecule has 14 heavy (non-hydrogen) atoms. The van der Waals surface area contributed by atoms with Gasteiger partial charge in [-0.2, -0.15) is 11.8 Å². The van der Waals surface area contributed by atoms with E-state index < -0.39 is 9.28 Å². The maximum Gasteiger partial charge on any atom is 0.324 e. The molecule has 0 aromatic heterocycles. The summed E-state index contributed by atoms with van der Waals surface area (Å²) in [4.78, 5) is 9.82. The maximum atomic E-state index is 9.82. The van der Waals surface area contributed by atoms with Crippen LogP contribution < -0.4 is 0 Å². The fraction of sp³-hybridized carbons (Fsp3) is 1.00. The SMILES string of the molecule is C[C@H]1CC[C@@H](CO[SiH](O)C(C)(C)C)S1. The van der Waals surface area contributed by atoms with Crippen molar-refractivity contribution in [2.24, 2.45) is 0 Å². The minimum atomic E-state index is -1.98. The number of hydrogen-bond donors (Lipinski definition) is 1. The molecule has 0 aromatic rings. The molecule has 0 aromatic carbocycles. The molecule has 3 atom stereocenters. The predicted molar refractivity (Wildman–Crippen MR) is 65.1 cm³/mol. The van der Waals surface area contributed by atoms with Crippen LogP contribution in [0.5, 0.6) is 0 Å². The third kappa shape index (κ3) is 3.93. The van der Waals surface area contributed by atoms with Crippen molar-refractivity contribution >= 4 is 21.0 Å². The lowest BCUT2D eigenvalue weighted by atomic mass is 10.2. The van der Waals surface area contributed by atoms with Gasteiger partial charge in [-0.25, -0.2) is 0 Å². The molecule has 1 N–H and O–H groups in total. The van der Waals surface area contributed by atoms with Crippen LogP contribution in [0.15, 0.2) is 0 Å². The van der Waals surface area contributed by atoms with Crippen molar-refractivity contribution in [3.05, 3.63) is 0 Å². The average Bonchev–Trinajstić information content (AvgIpc) is 2.45. The molecule has 1 aliphatic rings. The van der Waals surface area contributed by atoms with E-state index in [-0.39, 0.29) is 5.04 Å². The van der Waals surface area contributed by atoms with E-state index in [2.05, 4.69) is 6.92 Å². The largest absolute Gasteiger partial charge is 0.413 e. The fourth-order valence-electron chi connectivity index (χ4n) is 1.46. The summed E-state index contributed by atoms with van der Waals surface area (Å²) in [6.07, 6.45) is 2.54. The van der Waals surface area contributed by atoms with Crippen LogP contribution in [0.25, 0.3) is 0 Å². The zero-order valence-electron chi connectivity index (χ0n) is 9.62. The van der Waals surface area contributed by atoms with Gasteiger partial charge in [-0.3, -0.25) is 0 Å². The third-order valence-electron chi connectivity index (χ3n) is 2.50. The highest BCUT2D eigenvalue weighted by Crippen LogP contribution is 2.34. The van der Waals surface area contributed by atoms with E-state index >= 15 is 0 Å². The fourth-order valence-corrected chi connectivity index (χ4v) is 3.87. The molecule has 0 radical (unpaired) electrons. The van der Waals surface area contributed by atoms with E-state index in [1.165, 1.54) is 12.8 Å². The molecular weight excluding hydrogens is 212 g/mol. The van der Waals surface area contributed by atoms with E-state index in [9.17, 15) is 4.80 Å². The highest BCUT2D eigenvalue weighted by atomic mass is 32.2. The van der Waals surface area contributed by atoms with Crippen molar-refractivity contribution in [1.82, 2.24) is 0 Å². The third-order valence-corrected chi connectivity index (χ3v) is 5.95. The molecule has 1 fully saturated rings. The monoisotopic (exact) mass is 234 g/mol. The average molecular weight is 234 g/mol. The number of rotatable bonds is 3. The van der Waals surface area contributed by atoms with Gasteiger partial charge in [0.25, 0.3) is 0 Å². The minimum absolute atomic E-state index is 0.0329. The Morgan fingerprint density at radius 2 is 2.07 bits per heavy atom. The van der Waals surface area contributed by atoms with Crippen molar-refractivity contribution in [3.8, 4) is 0 Å². The van der Waals surface area contributed by atoms with Crippen LogP contribution in [-0.4, -0.2) is 31.2 Å². The highest BCUT2D eigenvalue weighted by Gasteiger charge is 2.29. The lowest BCUT2D eigenvalue weighted by Crippen LogP contribution is -2.31. The van der Waals surface area contributed by atoms with E-state index in [1.54, 1.807) is 0 Å². The predicted octanol–water partition coefficient (Wildman–Crippen LogP) is 2.30. The second-order valence-electron chi connectivity index (χ2n) is 5.20. The molecule has 1 unspecified atom stereocenters. The number of hydrogen-bond acceptors (Lipinski definition) is 3. The van der Waals surface area contributed by atoms with Crippen molar-refractivity contribution < 1.29 is 9.22 Å². The summed E-state index contributed by atoms with van der Waals surface area (Å²) in [6.45, 7) is 9.17. The van der Waals surface area contributed by atoms with Crippen LogP contribution in [0, 0.1) is 0 Å². The first-order chi connectivity index (χ1) is 6.39. The normalized spacial score (nSPS) is 30.6. The molecule has 4 heteroatoms. The summed E-state index contributed by atoms with van der Waals surface area (Å²) >= 11 is 2.00. The first-order valence-corrected chi connectivity index (χ1v) is 7.85. The molecule has 0 amide bonds. The minimum Gasteiger partial charge on any atom is -0.413 e. The van der Waals surface area contributed by atoms with Gasteiger partial charge in [-0.1, -0.05) is 27.7 Å². The summed E-state index contributed by atoms with van der Waals surface area (Å²) < 4.78 is 5.61. The zero-order valence-corrected chi connectivity index (χ0v) is 11.6. The van der Waals surface area contributed by atoms with Crippen LogP contribution in [-0.2, 0) is 4.43 Å². The Balaban J connectivity index is 2.21. The van der Waals surface area contributed by atoms with Crippen molar-refractivity contribution in [1.29, 1.82) is 0 Å².